The van der Waals surface area contributed by atoms with Gasteiger partial charge in [0.1, 0.15) is 17.1 Å². The number of nitrogens with one attached hydrogen (secondary N) is 2. The number of hydrogen-bond acceptors (Lipinski definition) is 16. The molecule has 9 N–H and O–H groups in total. The highest BCUT2D eigenvalue weighted by Gasteiger charge is 2.54. The summed E-state index contributed by atoms with van der Waals surface area (Å²) in [5.74, 6) is -3.70. The molecular weight excluding hydrogens is 659 g/mol. The number of carboxylic acid groups (broad SMARTS) is 2. The normalized spacial score (nSPS) is 18.7. The van der Waals surface area contributed by atoms with Crippen molar-refractivity contribution in [2.45, 2.75) is 34.5 Å². The van der Waals surface area contributed by atoms with Crippen molar-refractivity contribution in [2.75, 3.05) is 23.8 Å². The fourth-order valence-corrected chi connectivity index (χ4v) is 7.90. The highest BCUT2D eigenvalue weighted by Crippen LogP contribution is 2.45. The Morgan fingerprint density at radius 2 is 2.05 bits per heavy atom. The second-order valence-corrected chi connectivity index (χ2v) is 13.1. The van der Waals surface area contributed by atoms with Crippen LogP contribution < -0.4 is 22.1 Å². The largest absolute Gasteiger partial charge is 0.481 e. The monoisotopic (exact) mass is 683 g/mol. The van der Waals surface area contributed by atoms with Crippen LogP contribution in [0.3, 0.4) is 0 Å². The Morgan fingerprint density at radius 1 is 1.27 bits per heavy atom. The molecule has 0 spiro atoms. The molecule has 2 aromatic rings. The number of carbonyl (C=O) groups excluding carboxylic acids is 3. The maximum Gasteiger partial charge on any atom is 0.353 e. The summed E-state index contributed by atoms with van der Waals surface area (Å²) in [4.78, 5) is 71.1. The fraction of sp³-hybridized carbons (Fsp3) is 0.348. The van der Waals surface area contributed by atoms with Gasteiger partial charge in [-0.25, -0.2) is 4.79 Å². The molecule has 4 rings (SSSR count). The molecular formula is C23H25N9O8S4. The van der Waals surface area contributed by atoms with Gasteiger partial charge in [-0.15, -0.1) is 11.8 Å². The van der Waals surface area contributed by atoms with Gasteiger partial charge in [0.15, 0.2) is 5.13 Å². The molecule has 2 aliphatic heterocycles. The molecule has 2 aliphatic rings. The first kappa shape index (κ1) is 33.0. The summed E-state index contributed by atoms with van der Waals surface area (Å²) in [5.41, 5.74) is 11.0. The smallest absolute Gasteiger partial charge is 0.353 e. The molecule has 0 aliphatic carbocycles. The van der Waals surface area contributed by atoms with E-state index in [0.717, 1.165) is 16.4 Å². The van der Waals surface area contributed by atoms with E-state index >= 15 is 0 Å². The second kappa shape index (κ2) is 14.7. The van der Waals surface area contributed by atoms with Crippen LogP contribution in [0.25, 0.3) is 0 Å². The highest BCUT2D eigenvalue weighted by atomic mass is 32.2. The van der Waals surface area contributed by atoms with Crippen LogP contribution in [0.2, 0.25) is 0 Å². The lowest BCUT2D eigenvalue weighted by Crippen LogP contribution is -2.71. The first-order valence-corrected chi connectivity index (χ1v) is 16.3. The van der Waals surface area contributed by atoms with Crippen molar-refractivity contribution in [3.05, 3.63) is 40.5 Å². The van der Waals surface area contributed by atoms with Gasteiger partial charge in [-0.05, 0) is 12.1 Å². The number of carbonyl (C=O) groups is 5. The lowest BCUT2D eigenvalue weighted by Gasteiger charge is -2.49. The van der Waals surface area contributed by atoms with Crippen LogP contribution in [0.1, 0.15) is 17.9 Å². The number of fused-ring (bicyclic) bond motifs is 1. The number of aromatic nitrogens is 3. The number of hydrogen-bond donors (Lipinski definition) is 7. The third kappa shape index (κ3) is 7.59. The van der Waals surface area contributed by atoms with Crippen LogP contribution in [-0.4, -0.2) is 106 Å². The SMILES string of the molecule is Nc1nc(/C(=N/O)C(=O)N[C@@H]2C(=O)N3C(C(=O)O)=C(Sc4cccnc4CSCCNC(=O)[C@@H](N)CC(=O)O)CS[C@H]23)ns1. The minimum atomic E-state index is -1.31. The molecule has 1 saturated heterocycles. The van der Waals surface area contributed by atoms with E-state index in [-0.39, 0.29) is 29.0 Å². The molecule has 0 bridgehead atoms. The predicted molar refractivity (Wildman–Crippen MR) is 162 cm³/mol. The van der Waals surface area contributed by atoms with E-state index in [9.17, 15) is 34.3 Å². The summed E-state index contributed by atoms with van der Waals surface area (Å²) in [6, 6.07) is 1.26. The van der Waals surface area contributed by atoms with E-state index in [2.05, 4.69) is 30.1 Å². The van der Waals surface area contributed by atoms with Crippen LogP contribution >= 0.6 is 46.8 Å². The Morgan fingerprint density at radius 3 is 2.70 bits per heavy atom. The maximum atomic E-state index is 13.1. The standard InChI is InChI=1S/C23H25N9O8S4/c24-9(6-13(33)34)18(35)27-4-5-41-7-10-11(2-1-3-26-10)43-12-8-42-21-15(20(37)32(21)16(12)22(38)39)28-19(36)14(30-40)17-29-23(25)44-31-17/h1-3,9,15,21,40H,4-8,24H2,(H,27,35)(H,28,36)(H,33,34)(H,38,39)(H2,25,29,31)/b30-14-/t9-,15+,21+/m0/s1. The number of anilines is 1. The van der Waals surface area contributed by atoms with Crippen molar-refractivity contribution >= 4 is 87.3 Å². The number of nitrogen functional groups attached to an aromatic ring is 1. The van der Waals surface area contributed by atoms with Crippen molar-refractivity contribution in [3.8, 4) is 0 Å². The number of nitrogens with two attached hydrogens (primary N) is 2. The van der Waals surface area contributed by atoms with Gasteiger partial charge in [-0.2, -0.15) is 21.1 Å². The molecule has 234 valence electrons. The molecule has 44 heavy (non-hydrogen) atoms. The average Bonchev–Trinajstić information content (AvgIpc) is 3.41. The number of pyridine rings is 1. The van der Waals surface area contributed by atoms with Gasteiger partial charge in [0.2, 0.25) is 17.4 Å². The van der Waals surface area contributed by atoms with Crippen LogP contribution in [0.5, 0.6) is 0 Å². The van der Waals surface area contributed by atoms with Gasteiger partial charge < -0.3 is 37.5 Å². The number of nitrogens with zero attached hydrogens (tertiary/aromatic N) is 5. The molecule has 0 saturated carbocycles. The van der Waals surface area contributed by atoms with Gasteiger partial charge >= 0.3 is 11.9 Å². The molecule has 0 aromatic carbocycles. The second-order valence-electron chi connectivity index (χ2n) is 8.94. The predicted octanol–water partition coefficient (Wildman–Crippen LogP) is -0.667. The molecule has 2 aromatic heterocycles. The van der Waals surface area contributed by atoms with Crippen molar-refractivity contribution < 1.29 is 39.4 Å². The number of rotatable bonds is 14. The number of β-lactam (4-membered cyclic amide) rings is 1. The van der Waals surface area contributed by atoms with Crippen molar-refractivity contribution in [2.24, 2.45) is 10.9 Å². The fourth-order valence-electron chi connectivity index (χ4n) is 3.99. The van der Waals surface area contributed by atoms with Gasteiger partial charge in [-0.1, -0.05) is 16.9 Å². The van der Waals surface area contributed by atoms with Gasteiger partial charge in [0.05, 0.1) is 18.2 Å². The van der Waals surface area contributed by atoms with E-state index in [1.165, 1.54) is 35.3 Å². The molecule has 17 nitrogen and oxygen atoms in total. The van der Waals surface area contributed by atoms with Gasteiger partial charge in [-0.3, -0.25) is 29.1 Å². The first-order valence-electron chi connectivity index (χ1n) is 12.5. The van der Waals surface area contributed by atoms with E-state index in [1.54, 1.807) is 18.3 Å². The molecule has 3 amide bonds. The first-order chi connectivity index (χ1) is 21.0. The van der Waals surface area contributed by atoms with Crippen molar-refractivity contribution in [1.29, 1.82) is 0 Å². The Bertz CT molecular complexity index is 1530. The quantitative estimate of drug-likeness (QED) is 0.0428. The lowest BCUT2D eigenvalue weighted by atomic mass is 10.0. The van der Waals surface area contributed by atoms with Crippen LogP contribution in [-0.2, 0) is 29.7 Å². The van der Waals surface area contributed by atoms with E-state index in [4.69, 9.17) is 16.6 Å². The summed E-state index contributed by atoms with van der Waals surface area (Å²) >= 11 is 4.66. The Hall–Kier alpha value is -3.92. The topological polar surface area (TPSA) is 276 Å². The number of oxime groups is 1. The summed E-state index contributed by atoms with van der Waals surface area (Å²) in [6.45, 7) is 0.257. The summed E-state index contributed by atoms with van der Waals surface area (Å²) in [6.07, 6.45) is 1.12. The lowest BCUT2D eigenvalue weighted by molar-refractivity contribution is -0.150. The minimum absolute atomic E-state index is 0.0444. The third-order valence-corrected chi connectivity index (χ3v) is 10.1. The van der Waals surface area contributed by atoms with Gasteiger partial charge in [0, 0.05) is 51.3 Å². The van der Waals surface area contributed by atoms with E-state index < -0.39 is 59.3 Å². The Labute approximate surface area is 265 Å². The highest BCUT2D eigenvalue weighted by molar-refractivity contribution is 8.06. The maximum absolute atomic E-state index is 13.1. The Kier molecular flexibility index (Phi) is 11.0. The van der Waals surface area contributed by atoms with Crippen molar-refractivity contribution in [3.63, 3.8) is 0 Å². The number of amides is 3. The minimum Gasteiger partial charge on any atom is -0.481 e. The van der Waals surface area contributed by atoms with Crippen molar-refractivity contribution in [1.82, 2.24) is 29.9 Å². The van der Waals surface area contributed by atoms with Gasteiger partial charge in [0.25, 0.3) is 11.8 Å². The average molecular weight is 684 g/mol. The zero-order valence-electron chi connectivity index (χ0n) is 22.4. The molecule has 1 fully saturated rings. The number of thioether (sulfide) groups is 3. The number of carboxylic acids is 2. The Balaban J connectivity index is 1.38. The van der Waals surface area contributed by atoms with Crippen LogP contribution in [0.15, 0.2) is 39.0 Å². The van der Waals surface area contributed by atoms with Crippen LogP contribution in [0, 0.1) is 0 Å². The summed E-state index contributed by atoms with van der Waals surface area (Å²) in [5, 5.41) is 35.4. The summed E-state index contributed by atoms with van der Waals surface area (Å²) in [7, 11) is 0. The molecule has 0 unspecified atom stereocenters. The molecule has 21 heteroatoms. The van der Waals surface area contributed by atoms with E-state index in [0.29, 0.717) is 27.0 Å². The number of aliphatic carboxylic acids is 2. The zero-order chi connectivity index (χ0) is 32.0. The molecule has 0 radical (unpaired) electrons. The van der Waals surface area contributed by atoms with E-state index in [1.807, 2.05) is 0 Å². The molecule has 4 heterocycles. The summed E-state index contributed by atoms with van der Waals surface area (Å²) < 4.78 is 3.82. The van der Waals surface area contributed by atoms with Crippen LogP contribution in [0.4, 0.5) is 5.13 Å². The molecule has 3 atom stereocenters. The zero-order valence-corrected chi connectivity index (χ0v) is 25.7. The third-order valence-electron chi connectivity index (χ3n) is 5.99.